The fourth-order valence-corrected chi connectivity index (χ4v) is 4.35. The molecule has 3 aromatic carbocycles. The predicted molar refractivity (Wildman–Crippen MR) is 141 cm³/mol. The van der Waals surface area contributed by atoms with Crippen LogP contribution in [0.1, 0.15) is 50.4 Å². The minimum Gasteiger partial charge on any atom is -0.507 e. The molecular weight excluding hydrogens is 454 g/mol. The van der Waals surface area contributed by atoms with E-state index in [2.05, 4.69) is 20.8 Å². The summed E-state index contributed by atoms with van der Waals surface area (Å²) in [7, 11) is 1.57. The Morgan fingerprint density at radius 3 is 2.00 bits per heavy atom. The third kappa shape index (κ3) is 4.71. The number of anilines is 1. The maximum atomic E-state index is 13.4. The van der Waals surface area contributed by atoms with Gasteiger partial charge in [0.15, 0.2) is 0 Å². The van der Waals surface area contributed by atoms with Gasteiger partial charge in [-0.15, -0.1) is 0 Å². The Hall–Kier alpha value is -4.06. The van der Waals surface area contributed by atoms with Crippen molar-refractivity contribution in [3.05, 3.63) is 95.1 Å². The lowest BCUT2D eigenvalue weighted by atomic mass is 9.87. The SMILES string of the molecule is CCOc1ccc(/C(O)=C2\C(=O)C(=O)N(c3ccc(C(C)(C)C)cc3)C2c2ccc(OC)cc2)cc1. The van der Waals surface area contributed by atoms with E-state index in [9.17, 15) is 14.7 Å². The molecule has 1 saturated heterocycles. The van der Waals surface area contributed by atoms with Gasteiger partial charge < -0.3 is 14.6 Å². The Kier molecular flexibility index (Phi) is 6.88. The molecule has 1 amide bonds. The molecule has 0 bridgehead atoms. The van der Waals surface area contributed by atoms with Gasteiger partial charge in [-0.25, -0.2) is 0 Å². The lowest BCUT2D eigenvalue weighted by Gasteiger charge is -2.27. The van der Waals surface area contributed by atoms with E-state index < -0.39 is 17.7 Å². The molecule has 3 aromatic rings. The molecule has 1 aliphatic heterocycles. The first kappa shape index (κ1) is 25.0. The Balaban J connectivity index is 1.86. The molecular formula is C30H31NO5. The van der Waals surface area contributed by atoms with Gasteiger partial charge in [-0.3, -0.25) is 14.5 Å². The average Bonchev–Trinajstić information content (AvgIpc) is 3.14. The van der Waals surface area contributed by atoms with Crippen molar-refractivity contribution < 1.29 is 24.2 Å². The molecule has 6 nitrogen and oxygen atoms in total. The van der Waals surface area contributed by atoms with Crippen molar-refractivity contribution in [1.82, 2.24) is 0 Å². The van der Waals surface area contributed by atoms with E-state index >= 15 is 0 Å². The van der Waals surface area contributed by atoms with Crippen molar-refractivity contribution >= 4 is 23.1 Å². The van der Waals surface area contributed by atoms with Gasteiger partial charge in [0.2, 0.25) is 0 Å². The van der Waals surface area contributed by atoms with Crippen molar-refractivity contribution in [3.8, 4) is 11.5 Å². The molecule has 0 spiro atoms. The van der Waals surface area contributed by atoms with Crippen molar-refractivity contribution in [3.63, 3.8) is 0 Å². The molecule has 0 radical (unpaired) electrons. The number of carbonyl (C=O) groups excluding carboxylic acids is 2. The van der Waals surface area contributed by atoms with Gasteiger partial charge >= 0.3 is 0 Å². The largest absolute Gasteiger partial charge is 0.507 e. The van der Waals surface area contributed by atoms with Gasteiger partial charge in [-0.2, -0.15) is 0 Å². The summed E-state index contributed by atoms with van der Waals surface area (Å²) in [4.78, 5) is 28.2. The molecule has 1 aliphatic rings. The number of nitrogens with zero attached hydrogens (tertiary/aromatic N) is 1. The maximum absolute atomic E-state index is 13.4. The summed E-state index contributed by atoms with van der Waals surface area (Å²) < 4.78 is 10.8. The minimum absolute atomic E-state index is 0.0363. The Bertz CT molecular complexity index is 1280. The van der Waals surface area contributed by atoms with Crippen molar-refractivity contribution in [1.29, 1.82) is 0 Å². The standard InChI is InChI=1S/C30H31NO5/c1-6-36-24-17-9-20(10-18-24)27(32)25-26(19-7-15-23(35-5)16-8-19)31(29(34)28(25)33)22-13-11-21(12-14-22)30(2,3)4/h7-18,26,32H,6H2,1-5H3/b27-25+. The first-order valence-corrected chi connectivity index (χ1v) is 11.9. The lowest BCUT2D eigenvalue weighted by molar-refractivity contribution is -0.132. The van der Waals surface area contributed by atoms with Crippen molar-refractivity contribution in [2.45, 2.75) is 39.2 Å². The number of amides is 1. The number of methoxy groups -OCH3 is 1. The second-order valence-electron chi connectivity index (χ2n) is 9.70. The Morgan fingerprint density at radius 2 is 1.47 bits per heavy atom. The van der Waals surface area contributed by atoms with Crippen LogP contribution in [0.15, 0.2) is 78.4 Å². The van der Waals surface area contributed by atoms with Gasteiger partial charge in [0.1, 0.15) is 17.3 Å². The summed E-state index contributed by atoms with van der Waals surface area (Å²) >= 11 is 0. The summed E-state index contributed by atoms with van der Waals surface area (Å²) in [6, 6.07) is 20.8. The highest BCUT2D eigenvalue weighted by molar-refractivity contribution is 6.51. The number of benzene rings is 3. The Labute approximate surface area is 211 Å². The quantitative estimate of drug-likeness (QED) is 0.263. The molecule has 4 rings (SSSR count). The van der Waals surface area contributed by atoms with E-state index in [1.807, 2.05) is 31.2 Å². The molecule has 1 heterocycles. The second-order valence-corrected chi connectivity index (χ2v) is 9.70. The van der Waals surface area contributed by atoms with Gasteiger partial charge in [0.05, 0.1) is 25.3 Å². The van der Waals surface area contributed by atoms with E-state index in [4.69, 9.17) is 9.47 Å². The summed E-state index contributed by atoms with van der Waals surface area (Å²) in [5.74, 6) is -0.350. The molecule has 0 saturated carbocycles. The van der Waals surface area contributed by atoms with Crippen LogP contribution < -0.4 is 14.4 Å². The normalized spacial score (nSPS) is 17.4. The minimum atomic E-state index is -0.803. The Morgan fingerprint density at radius 1 is 0.889 bits per heavy atom. The first-order valence-electron chi connectivity index (χ1n) is 11.9. The van der Waals surface area contributed by atoms with Gasteiger partial charge in [-0.05, 0) is 72.0 Å². The molecule has 186 valence electrons. The fourth-order valence-electron chi connectivity index (χ4n) is 4.35. The summed E-state index contributed by atoms with van der Waals surface area (Å²) in [6.45, 7) is 8.74. The smallest absolute Gasteiger partial charge is 0.300 e. The number of Topliss-reactive ketones (excluding diaryl/α,β-unsaturated/α-hetero) is 1. The molecule has 1 N–H and O–H groups in total. The molecule has 6 heteroatoms. The highest BCUT2D eigenvalue weighted by atomic mass is 16.5. The van der Waals surface area contributed by atoms with E-state index in [0.29, 0.717) is 34.9 Å². The molecule has 36 heavy (non-hydrogen) atoms. The maximum Gasteiger partial charge on any atom is 0.300 e. The number of rotatable bonds is 6. The van der Waals surface area contributed by atoms with Crippen LogP contribution in [0.3, 0.4) is 0 Å². The molecule has 1 atom stereocenters. The summed E-state index contributed by atoms with van der Waals surface area (Å²) in [5.41, 5.74) is 2.78. The average molecular weight is 486 g/mol. The first-order chi connectivity index (χ1) is 17.2. The zero-order valence-corrected chi connectivity index (χ0v) is 21.2. The highest BCUT2D eigenvalue weighted by Gasteiger charge is 2.47. The van der Waals surface area contributed by atoms with Gasteiger partial charge in [0.25, 0.3) is 11.7 Å². The third-order valence-electron chi connectivity index (χ3n) is 6.33. The predicted octanol–water partition coefficient (Wildman–Crippen LogP) is 6.02. The van der Waals surface area contributed by atoms with Crippen molar-refractivity contribution in [2.75, 3.05) is 18.6 Å². The van der Waals surface area contributed by atoms with Crippen LogP contribution in [-0.2, 0) is 15.0 Å². The summed E-state index contributed by atoms with van der Waals surface area (Å²) in [5, 5.41) is 11.3. The number of ether oxygens (including phenoxy) is 2. The number of hydrogen-bond acceptors (Lipinski definition) is 5. The second kappa shape index (κ2) is 9.90. The topological polar surface area (TPSA) is 76.1 Å². The molecule has 1 unspecified atom stereocenters. The number of aliphatic hydroxyl groups excluding tert-OH is 1. The highest BCUT2D eigenvalue weighted by Crippen LogP contribution is 2.43. The van der Waals surface area contributed by atoms with Crippen LogP contribution in [0.2, 0.25) is 0 Å². The van der Waals surface area contributed by atoms with Crippen LogP contribution in [0, 0.1) is 0 Å². The van der Waals surface area contributed by atoms with Crippen molar-refractivity contribution in [2.24, 2.45) is 0 Å². The zero-order chi connectivity index (χ0) is 26.0. The lowest BCUT2D eigenvalue weighted by Crippen LogP contribution is -2.29. The van der Waals surface area contributed by atoms with Crippen LogP contribution in [-0.4, -0.2) is 30.5 Å². The van der Waals surface area contributed by atoms with Gasteiger partial charge in [0, 0.05) is 11.3 Å². The van der Waals surface area contributed by atoms with E-state index in [-0.39, 0.29) is 16.7 Å². The molecule has 0 aliphatic carbocycles. The fraction of sp³-hybridized carbons (Fsp3) is 0.267. The van der Waals surface area contributed by atoms with Crippen LogP contribution in [0.4, 0.5) is 5.69 Å². The van der Waals surface area contributed by atoms with E-state index in [1.165, 1.54) is 4.90 Å². The van der Waals surface area contributed by atoms with Gasteiger partial charge in [-0.1, -0.05) is 45.0 Å². The number of aliphatic hydroxyl groups is 1. The van der Waals surface area contributed by atoms with E-state index in [0.717, 1.165) is 5.56 Å². The molecule has 1 fully saturated rings. The van der Waals surface area contributed by atoms with Crippen LogP contribution >= 0.6 is 0 Å². The number of ketones is 1. The van der Waals surface area contributed by atoms with Crippen LogP contribution in [0.25, 0.3) is 5.76 Å². The van der Waals surface area contributed by atoms with Crippen LogP contribution in [0.5, 0.6) is 11.5 Å². The van der Waals surface area contributed by atoms with E-state index in [1.54, 1.807) is 55.6 Å². The third-order valence-corrected chi connectivity index (χ3v) is 6.33. The zero-order valence-electron chi connectivity index (χ0n) is 21.2. The number of hydrogen-bond donors (Lipinski definition) is 1. The summed E-state index contributed by atoms with van der Waals surface area (Å²) in [6.07, 6.45) is 0. The number of carbonyl (C=O) groups is 2. The monoisotopic (exact) mass is 485 g/mol. The molecule has 0 aromatic heterocycles.